The molecule has 4 heteroatoms. The average molecular weight is 222 g/mol. The van der Waals surface area contributed by atoms with Gasteiger partial charge in [-0.1, -0.05) is 27.2 Å². The van der Waals surface area contributed by atoms with Crippen LogP contribution in [0.1, 0.15) is 33.6 Å². The lowest BCUT2D eigenvalue weighted by Crippen LogP contribution is -2.22. The molecule has 0 rings (SSSR count). The monoisotopic (exact) mass is 222 g/mol. The molecule has 0 aromatic heterocycles. The maximum absolute atomic E-state index is 12.5. The van der Waals surface area contributed by atoms with E-state index in [0.29, 0.717) is 6.16 Å². The highest BCUT2D eigenvalue weighted by Crippen LogP contribution is 2.55. The minimum atomic E-state index is -2.42. The fraction of sp³-hybridized carbons (Fsp3) is 1.00. The van der Waals surface area contributed by atoms with Crippen molar-refractivity contribution >= 4 is 7.14 Å². The molecule has 86 valence electrons. The number of aliphatic hydroxyl groups is 2. The van der Waals surface area contributed by atoms with Gasteiger partial charge in [0, 0.05) is 17.5 Å². The van der Waals surface area contributed by atoms with Crippen molar-refractivity contribution in [3.05, 3.63) is 0 Å². The van der Waals surface area contributed by atoms with Gasteiger partial charge in [0.25, 0.3) is 0 Å². The van der Waals surface area contributed by atoms with Crippen molar-refractivity contribution in [2.24, 2.45) is 0 Å². The predicted octanol–water partition coefficient (Wildman–Crippen LogP) is 1.91. The molecule has 0 bridgehead atoms. The van der Waals surface area contributed by atoms with Crippen LogP contribution in [-0.2, 0) is 4.57 Å². The molecule has 0 aliphatic heterocycles. The van der Waals surface area contributed by atoms with E-state index in [9.17, 15) is 4.57 Å². The highest BCUT2D eigenvalue weighted by atomic mass is 31.2. The molecule has 0 aromatic rings. The predicted molar refractivity (Wildman–Crippen MR) is 60.5 cm³/mol. The number of hydrogen-bond acceptors (Lipinski definition) is 3. The SMILES string of the molecule is CCCCP(=O)(C(C)CO)C(C)CO. The molecule has 0 saturated carbocycles. The molecule has 0 aliphatic rings. The zero-order chi connectivity index (χ0) is 11.2. The van der Waals surface area contributed by atoms with Crippen molar-refractivity contribution in [3.63, 3.8) is 0 Å². The second-order valence-electron chi connectivity index (χ2n) is 3.99. The Hall–Kier alpha value is 0.150. The minimum Gasteiger partial charge on any atom is -0.396 e. The third-order valence-electron chi connectivity index (χ3n) is 2.88. The van der Waals surface area contributed by atoms with Gasteiger partial charge in [-0.2, -0.15) is 0 Å². The molecule has 2 N–H and O–H groups in total. The lowest BCUT2D eigenvalue weighted by molar-refractivity contribution is 0.282. The van der Waals surface area contributed by atoms with E-state index in [2.05, 4.69) is 6.92 Å². The van der Waals surface area contributed by atoms with Crippen LogP contribution in [0, 0.1) is 0 Å². The molecule has 0 aliphatic carbocycles. The second kappa shape index (κ2) is 6.60. The van der Waals surface area contributed by atoms with Crippen molar-refractivity contribution in [2.75, 3.05) is 19.4 Å². The average Bonchev–Trinajstić information content (AvgIpc) is 2.23. The van der Waals surface area contributed by atoms with Gasteiger partial charge in [-0.05, 0) is 6.42 Å². The van der Waals surface area contributed by atoms with Crippen LogP contribution < -0.4 is 0 Å². The Morgan fingerprint density at radius 1 is 1.14 bits per heavy atom. The topological polar surface area (TPSA) is 57.5 Å². The summed E-state index contributed by atoms with van der Waals surface area (Å²) in [5, 5.41) is 18.1. The van der Waals surface area contributed by atoms with E-state index < -0.39 is 7.14 Å². The van der Waals surface area contributed by atoms with Gasteiger partial charge in [0.1, 0.15) is 0 Å². The van der Waals surface area contributed by atoms with Crippen LogP contribution in [-0.4, -0.2) is 40.9 Å². The molecule has 0 saturated heterocycles. The van der Waals surface area contributed by atoms with E-state index in [4.69, 9.17) is 10.2 Å². The van der Waals surface area contributed by atoms with Crippen LogP contribution in [0.5, 0.6) is 0 Å². The minimum absolute atomic E-state index is 0.0503. The smallest absolute Gasteiger partial charge is 0.0975 e. The lowest BCUT2D eigenvalue weighted by atomic mass is 10.4. The molecule has 2 atom stereocenters. The summed E-state index contributed by atoms with van der Waals surface area (Å²) >= 11 is 0. The molecule has 0 heterocycles. The molecule has 0 spiro atoms. The van der Waals surface area contributed by atoms with Gasteiger partial charge in [0.15, 0.2) is 0 Å². The summed E-state index contributed by atoms with van der Waals surface area (Å²) in [5.41, 5.74) is -0.368. The Morgan fingerprint density at radius 2 is 1.57 bits per heavy atom. The molecule has 14 heavy (non-hydrogen) atoms. The van der Waals surface area contributed by atoms with Crippen LogP contribution in [0.4, 0.5) is 0 Å². The Morgan fingerprint density at radius 3 is 1.86 bits per heavy atom. The summed E-state index contributed by atoms with van der Waals surface area (Å²) in [4.78, 5) is 0. The largest absolute Gasteiger partial charge is 0.396 e. The number of unbranched alkanes of at least 4 members (excludes halogenated alkanes) is 1. The first-order valence-electron chi connectivity index (χ1n) is 5.33. The Balaban J connectivity index is 4.57. The first kappa shape index (κ1) is 14.2. The molecule has 0 fully saturated rings. The van der Waals surface area contributed by atoms with Gasteiger partial charge < -0.3 is 14.8 Å². The van der Waals surface area contributed by atoms with E-state index in [1.165, 1.54) is 0 Å². The Bertz CT molecular complexity index is 180. The van der Waals surface area contributed by atoms with Crippen molar-refractivity contribution in [3.8, 4) is 0 Å². The van der Waals surface area contributed by atoms with Crippen molar-refractivity contribution in [1.29, 1.82) is 0 Å². The van der Waals surface area contributed by atoms with Gasteiger partial charge in [-0.15, -0.1) is 0 Å². The van der Waals surface area contributed by atoms with E-state index in [1.54, 1.807) is 0 Å². The van der Waals surface area contributed by atoms with E-state index in [0.717, 1.165) is 12.8 Å². The van der Waals surface area contributed by atoms with Gasteiger partial charge >= 0.3 is 0 Å². The summed E-state index contributed by atoms with van der Waals surface area (Å²) in [7, 11) is -2.42. The fourth-order valence-electron chi connectivity index (χ4n) is 1.56. The molecule has 0 amide bonds. The van der Waals surface area contributed by atoms with Crippen molar-refractivity contribution in [1.82, 2.24) is 0 Å². The van der Waals surface area contributed by atoms with Gasteiger partial charge in [0.2, 0.25) is 0 Å². The summed E-state index contributed by atoms with van der Waals surface area (Å²) in [6, 6.07) is 0. The van der Waals surface area contributed by atoms with Crippen molar-refractivity contribution in [2.45, 2.75) is 44.9 Å². The van der Waals surface area contributed by atoms with Crippen LogP contribution in [0.15, 0.2) is 0 Å². The van der Waals surface area contributed by atoms with Crippen LogP contribution in [0.2, 0.25) is 0 Å². The van der Waals surface area contributed by atoms with E-state index in [-0.39, 0.29) is 24.5 Å². The molecule has 0 aromatic carbocycles. The first-order valence-corrected chi connectivity index (χ1v) is 7.36. The third-order valence-corrected chi connectivity index (χ3v) is 7.21. The maximum Gasteiger partial charge on any atom is 0.0975 e. The highest BCUT2D eigenvalue weighted by Gasteiger charge is 2.33. The van der Waals surface area contributed by atoms with Crippen LogP contribution in [0.3, 0.4) is 0 Å². The van der Waals surface area contributed by atoms with Crippen LogP contribution >= 0.6 is 7.14 Å². The zero-order valence-corrected chi connectivity index (χ0v) is 10.3. The summed E-state index contributed by atoms with van der Waals surface area (Å²) in [6.45, 7) is 5.57. The van der Waals surface area contributed by atoms with E-state index >= 15 is 0 Å². The quantitative estimate of drug-likeness (QED) is 0.647. The second-order valence-corrected chi connectivity index (χ2v) is 7.91. The Kier molecular flexibility index (Phi) is 6.67. The number of hydrogen-bond donors (Lipinski definition) is 2. The molecular weight excluding hydrogens is 199 g/mol. The standard InChI is InChI=1S/C10H23O3P/c1-4-5-6-14(13,9(2)7-11)10(3)8-12/h9-12H,4-8H2,1-3H3. The molecule has 0 radical (unpaired) electrons. The molecular formula is C10H23O3P. The van der Waals surface area contributed by atoms with E-state index in [1.807, 2.05) is 13.8 Å². The summed E-state index contributed by atoms with van der Waals surface area (Å²) < 4.78 is 12.5. The van der Waals surface area contributed by atoms with Crippen molar-refractivity contribution < 1.29 is 14.8 Å². The number of rotatable bonds is 7. The number of aliphatic hydroxyl groups excluding tert-OH is 2. The van der Waals surface area contributed by atoms with Gasteiger partial charge in [-0.25, -0.2) is 0 Å². The lowest BCUT2D eigenvalue weighted by Gasteiger charge is -2.28. The fourth-order valence-corrected chi connectivity index (χ4v) is 4.67. The molecule has 2 unspecified atom stereocenters. The summed E-state index contributed by atoms with van der Waals surface area (Å²) in [6.07, 6.45) is 2.55. The zero-order valence-electron chi connectivity index (χ0n) is 9.44. The molecule has 3 nitrogen and oxygen atoms in total. The van der Waals surface area contributed by atoms with Gasteiger partial charge in [0.05, 0.1) is 20.4 Å². The first-order chi connectivity index (χ1) is 6.52. The summed E-state index contributed by atoms with van der Waals surface area (Å²) in [5.74, 6) is 0. The Labute approximate surface area is 86.9 Å². The van der Waals surface area contributed by atoms with Gasteiger partial charge in [-0.3, -0.25) is 0 Å². The third kappa shape index (κ3) is 3.38. The van der Waals surface area contributed by atoms with Crippen LogP contribution in [0.25, 0.3) is 0 Å². The maximum atomic E-state index is 12.5. The highest BCUT2D eigenvalue weighted by molar-refractivity contribution is 7.65. The normalized spacial score (nSPS) is 20.1.